The molecule has 4 heteroatoms. The highest BCUT2D eigenvalue weighted by atomic mass is 16.2. The van der Waals surface area contributed by atoms with Gasteiger partial charge in [0.2, 0.25) is 11.8 Å². The van der Waals surface area contributed by atoms with E-state index in [2.05, 4.69) is 5.32 Å². The molecule has 3 aliphatic carbocycles. The second kappa shape index (κ2) is 3.74. The number of nitrogens with zero attached hydrogens (tertiary/aromatic N) is 1. The van der Waals surface area contributed by atoms with Gasteiger partial charge in [0.15, 0.2) is 0 Å². The third kappa shape index (κ3) is 1.87. The first-order valence-electron chi connectivity index (χ1n) is 7.72. The minimum absolute atomic E-state index is 0.0445. The lowest BCUT2D eigenvalue weighted by Gasteiger charge is -2.39. The Kier molecular flexibility index (Phi) is 2.31. The normalized spacial score (nSPS) is 37.2. The van der Waals surface area contributed by atoms with Gasteiger partial charge in [-0.3, -0.25) is 9.59 Å². The molecule has 0 bridgehead atoms. The van der Waals surface area contributed by atoms with Crippen molar-refractivity contribution in [2.45, 2.75) is 57.5 Å². The molecule has 4 rings (SSSR count). The molecule has 1 aliphatic heterocycles. The van der Waals surface area contributed by atoms with Crippen molar-refractivity contribution in [2.24, 2.45) is 17.3 Å². The lowest BCUT2D eigenvalue weighted by atomic mass is 9.96. The predicted octanol–water partition coefficient (Wildman–Crippen LogP) is 1.30. The number of piperazine rings is 1. The van der Waals surface area contributed by atoms with Crippen LogP contribution in [0.5, 0.6) is 0 Å². The van der Waals surface area contributed by atoms with Gasteiger partial charge in [-0.15, -0.1) is 0 Å². The summed E-state index contributed by atoms with van der Waals surface area (Å²) in [5.74, 6) is 1.46. The summed E-state index contributed by atoms with van der Waals surface area (Å²) in [5, 5.41) is 2.93. The third-order valence-corrected chi connectivity index (χ3v) is 5.61. The van der Waals surface area contributed by atoms with E-state index in [1.54, 1.807) is 0 Å². The van der Waals surface area contributed by atoms with Gasteiger partial charge in [-0.05, 0) is 62.7 Å². The van der Waals surface area contributed by atoms with Gasteiger partial charge in [-0.25, -0.2) is 0 Å². The molecular weight excluding hydrogens is 240 g/mol. The largest absolute Gasteiger partial charge is 0.342 e. The van der Waals surface area contributed by atoms with E-state index in [-0.39, 0.29) is 23.9 Å². The molecule has 0 aromatic heterocycles. The van der Waals surface area contributed by atoms with Crippen LogP contribution in [0.25, 0.3) is 0 Å². The fraction of sp³-hybridized carbons (Fsp3) is 0.867. The van der Waals surface area contributed by atoms with Crippen molar-refractivity contribution in [3.63, 3.8) is 0 Å². The van der Waals surface area contributed by atoms with E-state index >= 15 is 0 Å². The Hall–Kier alpha value is -1.06. The maximum atomic E-state index is 12.6. The molecule has 19 heavy (non-hydrogen) atoms. The number of amides is 2. The molecule has 2 atom stereocenters. The molecule has 0 aromatic carbocycles. The third-order valence-electron chi connectivity index (χ3n) is 5.61. The molecule has 1 saturated heterocycles. The number of hydrogen-bond donors (Lipinski definition) is 1. The average Bonchev–Trinajstić information content (AvgIpc) is 3.27. The smallest absolute Gasteiger partial charge is 0.246 e. The topological polar surface area (TPSA) is 49.4 Å². The van der Waals surface area contributed by atoms with Crippen LogP contribution in [0.3, 0.4) is 0 Å². The molecule has 1 N–H and O–H groups in total. The molecule has 2 unspecified atom stereocenters. The Balaban J connectivity index is 1.53. The minimum Gasteiger partial charge on any atom is -0.342 e. The first-order chi connectivity index (χ1) is 9.11. The number of hydrogen-bond acceptors (Lipinski definition) is 2. The van der Waals surface area contributed by atoms with Gasteiger partial charge in [0.25, 0.3) is 0 Å². The van der Waals surface area contributed by atoms with Crippen molar-refractivity contribution >= 4 is 11.8 Å². The first kappa shape index (κ1) is 11.7. The van der Waals surface area contributed by atoms with Crippen molar-refractivity contribution in [1.82, 2.24) is 10.2 Å². The van der Waals surface area contributed by atoms with Gasteiger partial charge < -0.3 is 10.2 Å². The van der Waals surface area contributed by atoms with Crippen LogP contribution in [0.15, 0.2) is 0 Å². The van der Waals surface area contributed by atoms with E-state index in [1.165, 1.54) is 25.7 Å². The summed E-state index contributed by atoms with van der Waals surface area (Å²) in [5.41, 5.74) is 0.385. The summed E-state index contributed by atoms with van der Waals surface area (Å²) in [6, 6.07) is -0.502. The van der Waals surface area contributed by atoms with Gasteiger partial charge >= 0.3 is 0 Å². The van der Waals surface area contributed by atoms with Crippen LogP contribution in [0.2, 0.25) is 0 Å². The lowest BCUT2D eigenvalue weighted by molar-refractivity contribution is -0.150. The zero-order valence-electron chi connectivity index (χ0n) is 11.5. The molecule has 4 fully saturated rings. The molecule has 0 spiro atoms. The summed E-state index contributed by atoms with van der Waals surface area (Å²) in [7, 11) is 0. The van der Waals surface area contributed by atoms with E-state index < -0.39 is 0 Å². The molecule has 0 radical (unpaired) electrons. The minimum atomic E-state index is -0.279. The van der Waals surface area contributed by atoms with E-state index in [0.29, 0.717) is 11.3 Å². The maximum absolute atomic E-state index is 12.6. The summed E-state index contributed by atoms with van der Waals surface area (Å²) in [6.45, 7) is 2.70. The Labute approximate surface area is 113 Å². The van der Waals surface area contributed by atoms with Crippen molar-refractivity contribution in [3.8, 4) is 0 Å². The van der Waals surface area contributed by atoms with E-state index in [4.69, 9.17) is 0 Å². The Morgan fingerprint density at radius 3 is 2.42 bits per heavy atom. The fourth-order valence-corrected chi connectivity index (χ4v) is 3.70. The Bertz CT molecular complexity index is 435. The second-order valence-electron chi connectivity index (χ2n) is 7.10. The quantitative estimate of drug-likeness (QED) is 0.830. The van der Waals surface area contributed by atoms with Crippen LogP contribution in [-0.4, -0.2) is 35.3 Å². The molecule has 2 amide bonds. The van der Waals surface area contributed by atoms with Crippen LogP contribution in [-0.2, 0) is 9.59 Å². The van der Waals surface area contributed by atoms with E-state index in [9.17, 15) is 9.59 Å². The van der Waals surface area contributed by atoms with Crippen molar-refractivity contribution in [2.75, 3.05) is 6.54 Å². The highest BCUT2D eigenvalue weighted by Gasteiger charge is 2.57. The van der Waals surface area contributed by atoms with Gasteiger partial charge in [0, 0.05) is 6.54 Å². The molecule has 1 heterocycles. The summed E-state index contributed by atoms with van der Waals surface area (Å²) in [4.78, 5) is 26.6. The lowest BCUT2D eigenvalue weighted by Crippen LogP contribution is -2.64. The van der Waals surface area contributed by atoms with Crippen LogP contribution >= 0.6 is 0 Å². The zero-order valence-corrected chi connectivity index (χ0v) is 11.5. The van der Waals surface area contributed by atoms with Gasteiger partial charge in [-0.1, -0.05) is 0 Å². The van der Waals surface area contributed by atoms with Crippen molar-refractivity contribution in [3.05, 3.63) is 0 Å². The molecule has 4 aliphatic rings. The highest BCUT2D eigenvalue weighted by molar-refractivity contribution is 5.97. The second-order valence-corrected chi connectivity index (χ2v) is 7.10. The highest BCUT2D eigenvalue weighted by Crippen LogP contribution is 2.61. The van der Waals surface area contributed by atoms with Gasteiger partial charge in [0.05, 0.1) is 0 Å². The predicted molar refractivity (Wildman–Crippen MR) is 70.2 cm³/mol. The van der Waals surface area contributed by atoms with Crippen LogP contribution in [0, 0.1) is 17.3 Å². The monoisotopic (exact) mass is 262 g/mol. The summed E-state index contributed by atoms with van der Waals surface area (Å²) < 4.78 is 0. The van der Waals surface area contributed by atoms with E-state index in [0.717, 1.165) is 25.3 Å². The molecule has 4 nitrogen and oxygen atoms in total. The number of carbonyl (C=O) groups excluding carboxylic acids is 2. The van der Waals surface area contributed by atoms with Crippen LogP contribution in [0.1, 0.15) is 45.4 Å². The molecule has 104 valence electrons. The summed E-state index contributed by atoms with van der Waals surface area (Å²) >= 11 is 0. The zero-order chi connectivity index (χ0) is 13.2. The fourth-order valence-electron chi connectivity index (χ4n) is 3.70. The Morgan fingerprint density at radius 2 is 1.89 bits per heavy atom. The van der Waals surface area contributed by atoms with E-state index in [1.807, 2.05) is 11.8 Å². The van der Waals surface area contributed by atoms with Crippen molar-refractivity contribution < 1.29 is 9.59 Å². The molecule has 3 saturated carbocycles. The van der Waals surface area contributed by atoms with Gasteiger partial charge in [-0.2, -0.15) is 0 Å². The SMILES string of the molecule is CC1C(=O)NC(C2CC2)C(=O)N1CC1(C2CC2)CC1. The molecule has 0 aromatic rings. The number of nitrogens with one attached hydrogen (secondary N) is 1. The molecular formula is C15H22N2O2. The standard InChI is InChI=1S/C15H22N2O2/c1-9-13(18)16-12(10-2-3-10)14(19)17(9)8-15(6-7-15)11-4-5-11/h9-12H,2-8H2,1H3,(H,16,18). The van der Waals surface area contributed by atoms with Gasteiger partial charge in [0.1, 0.15) is 12.1 Å². The Morgan fingerprint density at radius 1 is 1.21 bits per heavy atom. The number of carbonyl (C=O) groups is 2. The maximum Gasteiger partial charge on any atom is 0.246 e. The number of rotatable bonds is 4. The van der Waals surface area contributed by atoms with Crippen LogP contribution < -0.4 is 5.32 Å². The average molecular weight is 262 g/mol. The summed E-state index contributed by atoms with van der Waals surface area (Å²) in [6.07, 6.45) is 7.34. The van der Waals surface area contributed by atoms with Crippen molar-refractivity contribution in [1.29, 1.82) is 0 Å². The van der Waals surface area contributed by atoms with Crippen LogP contribution in [0.4, 0.5) is 0 Å². The first-order valence-corrected chi connectivity index (χ1v) is 7.72.